The van der Waals surface area contributed by atoms with E-state index in [-0.39, 0.29) is 23.4 Å². The third-order valence-corrected chi connectivity index (χ3v) is 6.52. The molecule has 0 radical (unpaired) electrons. The summed E-state index contributed by atoms with van der Waals surface area (Å²) in [5.41, 5.74) is 0.440. The molecular formula is C22H24FNO2S. The third-order valence-electron chi connectivity index (χ3n) is 5.96. The van der Waals surface area contributed by atoms with Crippen LogP contribution in [0.3, 0.4) is 0 Å². The lowest BCUT2D eigenvalue weighted by Crippen LogP contribution is -2.37. The summed E-state index contributed by atoms with van der Waals surface area (Å²) >= 11 is 4.55. The third kappa shape index (κ3) is 3.90. The maximum atomic E-state index is 15.4. The highest BCUT2D eigenvalue weighted by molar-refractivity contribution is 7.81. The number of Topliss-reactive ketones (excluding diaryl/α,β-unsaturated/α-hetero) is 1. The summed E-state index contributed by atoms with van der Waals surface area (Å²) in [4.78, 5) is 14.7. The summed E-state index contributed by atoms with van der Waals surface area (Å²) in [5.74, 6) is 0.617. The van der Waals surface area contributed by atoms with Gasteiger partial charge in [-0.15, -0.1) is 0 Å². The van der Waals surface area contributed by atoms with Crippen LogP contribution >= 0.6 is 12.6 Å². The number of fused-ring (bicyclic) bond motifs is 1. The zero-order valence-corrected chi connectivity index (χ0v) is 16.0. The standard InChI is InChI=1S/C22H24FNO2S/c23-22(10-15-4-2-1-3-5-15)11-17-13-24(14-18(17)12-22)21(27)20(26)16-6-8-19(25)9-7-16/h1-9,17-18,21,25,27H,10-14H2/t17-,18+,21-,22?/m0/s1. The number of carbonyl (C=O) groups is 1. The number of carbonyl (C=O) groups excluding carboxylic acids is 1. The predicted molar refractivity (Wildman–Crippen MR) is 107 cm³/mol. The SMILES string of the molecule is O=C(c1ccc(O)cc1)[C@H](S)N1C[C@@H]2CC(F)(Cc3ccccc3)C[C@@H]2C1. The fraction of sp³-hybridized carbons (Fsp3) is 0.409. The van der Waals surface area contributed by atoms with Crippen molar-refractivity contribution in [3.63, 3.8) is 0 Å². The van der Waals surface area contributed by atoms with E-state index in [9.17, 15) is 9.90 Å². The number of hydrogen-bond donors (Lipinski definition) is 2. The molecule has 2 fully saturated rings. The van der Waals surface area contributed by atoms with E-state index in [1.807, 2.05) is 30.3 Å². The Morgan fingerprint density at radius 3 is 2.30 bits per heavy atom. The number of likely N-dealkylation sites (tertiary alicyclic amines) is 1. The Morgan fingerprint density at radius 2 is 1.70 bits per heavy atom. The Kier molecular flexibility index (Phi) is 4.99. The van der Waals surface area contributed by atoms with Crippen molar-refractivity contribution in [2.24, 2.45) is 11.8 Å². The van der Waals surface area contributed by atoms with Crippen molar-refractivity contribution < 1.29 is 14.3 Å². The van der Waals surface area contributed by atoms with Crippen molar-refractivity contribution in [1.29, 1.82) is 0 Å². The number of halogens is 1. The fourth-order valence-corrected chi connectivity index (χ4v) is 5.04. The van der Waals surface area contributed by atoms with Crippen LogP contribution in [0.2, 0.25) is 0 Å². The molecule has 5 heteroatoms. The molecule has 2 aliphatic rings. The second-order valence-corrected chi connectivity index (χ2v) is 8.47. The summed E-state index contributed by atoms with van der Waals surface area (Å²) < 4.78 is 15.4. The number of hydrogen-bond acceptors (Lipinski definition) is 4. The Labute approximate surface area is 164 Å². The van der Waals surface area contributed by atoms with Crippen molar-refractivity contribution >= 4 is 18.4 Å². The van der Waals surface area contributed by atoms with Crippen molar-refractivity contribution in [2.45, 2.75) is 30.3 Å². The Morgan fingerprint density at radius 1 is 1.11 bits per heavy atom. The molecule has 0 bridgehead atoms. The van der Waals surface area contributed by atoms with Crippen LogP contribution in [0.5, 0.6) is 5.75 Å². The molecule has 1 heterocycles. The number of ketones is 1. The molecule has 1 saturated carbocycles. The molecule has 2 aromatic carbocycles. The highest BCUT2D eigenvalue weighted by atomic mass is 32.1. The van der Waals surface area contributed by atoms with Crippen LogP contribution in [0.25, 0.3) is 0 Å². The number of phenols is 1. The van der Waals surface area contributed by atoms with Gasteiger partial charge in [-0.25, -0.2) is 4.39 Å². The summed E-state index contributed by atoms with van der Waals surface area (Å²) in [6.45, 7) is 1.42. The summed E-state index contributed by atoms with van der Waals surface area (Å²) in [6.07, 6.45) is 1.57. The van der Waals surface area contributed by atoms with Crippen LogP contribution in [0.4, 0.5) is 4.39 Å². The van der Waals surface area contributed by atoms with Crippen molar-refractivity contribution in [3.8, 4) is 5.75 Å². The van der Waals surface area contributed by atoms with Crippen LogP contribution < -0.4 is 0 Å². The van der Waals surface area contributed by atoms with Crippen molar-refractivity contribution in [1.82, 2.24) is 4.90 Å². The van der Waals surface area contributed by atoms with Crippen molar-refractivity contribution in [2.75, 3.05) is 13.1 Å². The van der Waals surface area contributed by atoms with E-state index in [1.54, 1.807) is 12.1 Å². The van der Waals surface area contributed by atoms with E-state index < -0.39 is 11.0 Å². The molecule has 1 aliphatic carbocycles. The van der Waals surface area contributed by atoms with Crippen LogP contribution in [-0.2, 0) is 6.42 Å². The zero-order chi connectivity index (χ0) is 19.0. The minimum Gasteiger partial charge on any atom is -0.508 e. The normalized spacial score (nSPS) is 28.8. The highest BCUT2D eigenvalue weighted by Crippen LogP contribution is 2.48. The lowest BCUT2D eigenvalue weighted by Gasteiger charge is -2.26. The Balaban J connectivity index is 1.38. The van der Waals surface area contributed by atoms with E-state index in [1.165, 1.54) is 12.1 Å². The largest absolute Gasteiger partial charge is 0.508 e. The van der Waals surface area contributed by atoms with E-state index in [0.29, 0.717) is 37.9 Å². The van der Waals surface area contributed by atoms with Crippen molar-refractivity contribution in [3.05, 3.63) is 65.7 Å². The Hall–Kier alpha value is -1.85. The first-order chi connectivity index (χ1) is 12.9. The zero-order valence-electron chi connectivity index (χ0n) is 15.1. The van der Waals surface area contributed by atoms with Gasteiger partial charge < -0.3 is 5.11 Å². The van der Waals surface area contributed by atoms with Gasteiger partial charge in [-0.1, -0.05) is 30.3 Å². The number of thiol groups is 1. The maximum absolute atomic E-state index is 15.4. The maximum Gasteiger partial charge on any atom is 0.189 e. The Bertz CT molecular complexity index is 797. The predicted octanol–water partition coefficient (Wildman–Crippen LogP) is 4.12. The topological polar surface area (TPSA) is 40.5 Å². The molecule has 1 unspecified atom stereocenters. The molecule has 27 heavy (non-hydrogen) atoms. The van der Waals surface area contributed by atoms with E-state index in [0.717, 1.165) is 5.56 Å². The van der Waals surface area contributed by atoms with E-state index in [2.05, 4.69) is 17.5 Å². The molecule has 4 atom stereocenters. The van der Waals surface area contributed by atoms with Gasteiger partial charge in [0.15, 0.2) is 5.78 Å². The van der Waals surface area contributed by atoms with Gasteiger partial charge in [0, 0.05) is 25.1 Å². The first-order valence-electron chi connectivity index (χ1n) is 9.42. The minimum absolute atomic E-state index is 0.0749. The van der Waals surface area contributed by atoms with Gasteiger partial charge in [-0.3, -0.25) is 9.69 Å². The van der Waals surface area contributed by atoms with Gasteiger partial charge in [-0.2, -0.15) is 12.6 Å². The lowest BCUT2D eigenvalue weighted by atomic mass is 9.93. The molecule has 4 rings (SSSR count). The number of alkyl halides is 1. The molecule has 1 N–H and O–H groups in total. The summed E-state index contributed by atoms with van der Waals surface area (Å²) in [5, 5.41) is 8.85. The molecule has 0 spiro atoms. The molecule has 0 aromatic heterocycles. The van der Waals surface area contributed by atoms with Crippen LogP contribution in [0.15, 0.2) is 54.6 Å². The second-order valence-electron chi connectivity index (χ2n) is 7.98. The van der Waals surface area contributed by atoms with Gasteiger partial charge in [-0.05, 0) is 54.5 Å². The van der Waals surface area contributed by atoms with Gasteiger partial charge in [0.2, 0.25) is 0 Å². The quantitative estimate of drug-likeness (QED) is 0.601. The minimum atomic E-state index is -1.14. The molecular weight excluding hydrogens is 361 g/mol. The highest BCUT2D eigenvalue weighted by Gasteiger charge is 2.50. The number of nitrogens with zero attached hydrogens (tertiary/aromatic N) is 1. The number of phenolic OH excluding ortho intramolecular Hbond substituents is 1. The molecule has 3 nitrogen and oxygen atoms in total. The summed E-state index contributed by atoms with van der Waals surface area (Å²) in [7, 11) is 0. The monoisotopic (exact) mass is 385 g/mol. The lowest BCUT2D eigenvalue weighted by molar-refractivity contribution is 0.0905. The van der Waals surface area contributed by atoms with Gasteiger partial charge in [0.05, 0.1) is 0 Å². The average Bonchev–Trinajstić information content (AvgIpc) is 3.16. The van der Waals surface area contributed by atoms with Gasteiger partial charge in [0.25, 0.3) is 0 Å². The summed E-state index contributed by atoms with van der Waals surface area (Å²) in [6, 6.07) is 16.1. The molecule has 142 valence electrons. The van der Waals surface area contributed by atoms with Gasteiger partial charge in [0.1, 0.15) is 16.8 Å². The van der Waals surface area contributed by atoms with Gasteiger partial charge >= 0.3 is 0 Å². The number of aromatic hydroxyl groups is 1. The van der Waals surface area contributed by atoms with E-state index >= 15 is 4.39 Å². The fourth-order valence-electron chi connectivity index (χ4n) is 4.71. The number of rotatable bonds is 5. The molecule has 1 aliphatic heterocycles. The van der Waals surface area contributed by atoms with Crippen LogP contribution in [-0.4, -0.2) is 39.9 Å². The second kappa shape index (κ2) is 7.28. The van der Waals surface area contributed by atoms with Crippen LogP contribution in [0, 0.1) is 11.8 Å². The first kappa shape index (κ1) is 18.5. The average molecular weight is 386 g/mol. The van der Waals surface area contributed by atoms with E-state index in [4.69, 9.17) is 0 Å². The molecule has 1 saturated heterocycles. The smallest absolute Gasteiger partial charge is 0.189 e. The van der Waals surface area contributed by atoms with Crippen LogP contribution in [0.1, 0.15) is 28.8 Å². The number of benzene rings is 2. The first-order valence-corrected chi connectivity index (χ1v) is 9.93. The molecule has 0 amide bonds. The molecule has 2 aromatic rings.